The van der Waals surface area contributed by atoms with Gasteiger partial charge in [-0.2, -0.15) is 4.98 Å². The summed E-state index contributed by atoms with van der Waals surface area (Å²) in [7, 11) is 0. The van der Waals surface area contributed by atoms with E-state index < -0.39 is 0 Å². The van der Waals surface area contributed by atoms with Crippen LogP contribution in [0.4, 0.5) is 5.69 Å². The molecule has 3 rings (SSSR count). The summed E-state index contributed by atoms with van der Waals surface area (Å²) in [6.07, 6.45) is 1.04. The van der Waals surface area contributed by atoms with Crippen LogP contribution in [-0.2, 0) is 18.4 Å². The van der Waals surface area contributed by atoms with Crippen LogP contribution in [0.25, 0.3) is 0 Å². The highest BCUT2D eigenvalue weighted by molar-refractivity contribution is 5.97. The Morgan fingerprint density at radius 1 is 1.33 bits per heavy atom. The van der Waals surface area contributed by atoms with Gasteiger partial charge in [0.05, 0.1) is 0 Å². The molecule has 24 heavy (non-hydrogen) atoms. The van der Waals surface area contributed by atoms with Gasteiger partial charge in [-0.3, -0.25) is 0 Å². The number of nitrogens with one attached hydrogen (secondary N) is 1. The molecule has 1 N–H and O–H groups in total. The summed E-state index contributed by atoms with van der Waals surface area (Å²) >= 11 is 0. The van der Waals surface area contributed by atoms with E-state index in [1.165, 1.54) is 11.3 Å². The van der Waals surface area contributed by atoms with Gasteiger partial charge in [0.2, 0.25) is 5.89 Å². The van der Waals surface area contributed by atoms with Crippen molar-refractivity contribution in [1.29, 1.82) is 0 Å². The molecule has 1 aliphatic rings. The van der Waals surface area contributed by atoms with Crippen molar-refractivity contribution in [2.75, 3.05) is 18.0 Å². The molecule has 1 aromatic heterocycles. The molecule has 0 fully saturated rings. The summed E-state index contributed by atoms with van der Waals surface area (Å²) in [4.78, 5) is 11.4. The fraction of sp³-hybridized carbons (Fsp3) is 0.500. The second-order valence-electron chi connectivity index (χ2n) is 6.97. The number of fused-ring (bicyclic) bond motifs is 1. The molecular weight excluding hydrogens is 302 g/mol. The largest absolute Gasteiger partial charge is 0.356 e. The molecule has 0 saturated heterocycles. The molecule has 2 aromatic rings. The standard InChI is InChI=1S/C18H25N5O/c1-5-19-17(23-11-10-13-8-6-7-9-14(13)23)20-12-15-21-16(24-22-15)18(2,3)4/h6-9H,5,10-12H2,1-4H3,(H,19,20). The molecule has 0 radical (unpaired) electrons. The number of aromatic nitrogens is 2. The predicted octanol–water partition coefficient (Wildman–Crippen LogP) is 2.90. The van der Waals surface area contributed by atoms with Crippen LogP contribution in [0.15, 0.2) is 33.8 Å². The first kappa shape index (κ1) is 16.5. The molecule has 0 spiro atoms. The molecule has 128 valence electrons. The zero-order valence-electron chi connectivity index (χ0n) is 14.8. The number of rotatable bonds is 3. The zero-order chi connectivity index (χ0) is 17.2. The van der Waals surface area contributed by atoms with Crippen molar-refractivity contribution in [3.63, 3.8) is 0 Å². The molecule has 0 aliphatic carbocycles. The van der Waals surface area contributed by atoms with Crippen molar-refractivity contribution in [2.24, 2.45) is 4.99 Å². The first-order valence-corrected chi connectivity index (χ1v) is 8.46. The van der Waals surface area contributed by atoms with Gasteiger partial charge in [0.1, 0.15) is 6.54 Å². The number of anilines is 1. The van der Waals surface area contributed by atoms with Crippen molar-refractivity contribution in [2.45, 2.75) is 46.1 Å². The molecule has 2 heterocycles. The summed E-state index contributed by atoms with van der Waals surface area (Å²) in [5, 5.41) is 7.41. The Bertz CT molecular complexity index is 729. The Kier molecular flexibility index (Phi) is 4.55. The van der Waals surface area contributed by atoms with Crippen molar-refractivity contribution in [3.8, 4) is 0 Å². The second kappa shape index (κ2) is 6.63. The average Bonchev–Trinajstić information content (AvgIpc) is 3.18. The highest BCUT2D eigenvalue weighted by Crippen LogP contribution is 2.27. The first-order chi connectivity index (χ1) is 11.5. The maximum atomic E-state index is 5.34. The molecule has 6 heteroatoms. The maximum absolute atomic E-state index is 5.34. The van der Waals surface area contributed by atoms with E-state index in [9.17, 15) is 0 Å². The lowest BCUT2D eigenvalue weighted by molar-refractivity contribution is 0.318. The van der Waals surface area contributed by atoms with Crippen LogP contribution in [0.3, 0.4) is 0 Å². The minimum absolute atomic E-state index is 0.145. The average molecular weight is 327 g/mol. The Morgan fingerprint density at radius 3 is 2.83 bits per heavy atom. The highest BCUT2D eigenvalue weighted by Gasteiger charge is 2.24. The van der Waals surface area contributed by atoms with Gasteiger partial charge in [0, 0.05) is 24.2 Å². The number of hydrogen-bond donors (Lipinski definition) is 1. The van der Waals surface area contributed by atoms with Crippen molar-refractivity contribution in [1.82, 2.24) is 15.5 Å². The lowest BCUT2D eigenvalue weighted by Gasteiger charge is -2.22. The lowest BCUT2D eigenvalue weighted by Crippen LogP contribution is -2.40. The number of guanidine groups is 1. The normalized spacial score (nSPS) is 14.8. The van der Waals surface area contributed by atoms with E-state index >= 15 is 0 Å². The Hall–Kier alpha value is -2.37. The summed E-state index contributed by atoms with van der Waals surface area (Å²) < 4.78 is 5.34. The first-order valence-electron chi connectivity index (χ1n) is 8.46. The topological polar surface area (TPSA) is 66.5 Å². The van der Waals surface area contributed by atoms with Crippen molar-refractivity contribution in [3.05, 3.63) is 41.5 Å². The SMILES string of the molecule is CCNC(=NCc1noc(C(C)(C)C)n1)N1CCc2ccccc21. The van der Waals surface area contributed by atoms with Crippen molar-refractivity contribution >= 4 is 11.6 Å². The third-order valence-corrected chi connectivity index (χ3v) is 3.96. The van der Waals surface area contributed by atoms with E-state index in [0.717, 1.165) is 25.5 Å². The van der Waals surface area contributed by atoms with Crippen molar-refractivity contribution < 1.29 is 4.52 Å². The Balaban J connectivity index is 1.79. The number of hydrogen-bond acceptors (Lipinski definition) is 4. The van der Waals surface area contributed by atoms with E-state index in [-0.39, 0.29) is 5.41 Å². The Labute approximate surface area is 143 Å². The third-order valence-electron chi connectivity index (χ3n) is 3.96. The van der Waals surface area contributed by atoms with Gasteiger partial charge in [-0.25, -0.2) is 4.99 Å². The van der Waals surface area contributed by atoms with Crippen LogP contribution in [-0.4, -0.2) is 29.2 Å². The van der Waals surface area contributed by atoms with Gasteiger partial charge in [-0.1, -0.05) is 44.1 Å². The molecule has 1 aromatic carbocycles. The van der Waals surface area contributed by atoms with E-state index in [0.29, 0.717) is 18.3 Å². The van der Waals surface area contributed by atoms with E-state index in [2.05, 4.69) is 72.3 Å². The zero-order valence-corrected chi connectivity index (χ0v) is 14.8. The molecule has 0 bridgehead atoms. The third kappa shape index (κ3) is 3.42. The molecule has 0 saturated carbocycles. The number of aliphatic imine (C=N–C) groups is 1. The van der Waals surface area contributed by atoms with Crippen LogP contribution in [0.2, 0.25) is 0 Å². The lowest BCUT2D eigenvalue weighted by atomic mass is 9.97. The van der Waals surface area contributed by atoms with E-state index in [1.807, 2.05) is 0 Å². The molecule has 0 amide bonds. The fourth-order valence-corrected chi connectivity index (χ4v) is 2.72. The number of para-hydroxylation sites is 1. The molecule has 0 unspecified atom stereocenters. The van der Waals surface area contributed by atoms with Crippen LogP contribution in [0.1, 0.15) is 45.0 Å². The molecule has 0 atom stereocenters. The molecular formula is C18H25N5O. The fourth-order valence-electron chi connectivity index (χ4n) is 2.72. The predicted molar refractivity (Wildman–Crippen MR) is 95.3 cm³/mol. The smallest absolute Gasteiger partial charge is 0.232 e. The van der Waals surface area contributed by atoms with Gasteiger partial charge in [-0.15, -0.1) is 0 Å². The number of benzene rings is 1. The van der Waals surface area contributed by atoms with E-state index in [1.54, 1.807) is 0 Å². The highest BCUT2D eigenvalue weighted by atomic mass is 16.5. The second-order valence-corrected chi connectivity index (χ2v) is 6.97. The summed E-state index contributed by atoms with van der Waals surface area (Å²) in [5.41, 5.74) is 2.44. The van der Waals surface area contributed by atoms with Crippen LogP contribution >= 0.6 is 0 Å². The summed E-state index contributed by atoms with van der Waals surface area (Å²) in [5.74, 6) is 2.12. The Morgan fingerprint density at radius 2 is 2.12 bits per heavy atom. The molecule has 1 aliphatic heterocycles. The van der Waals surface area contributed by atoms with Crippen LogP contribution in [0.5, 0.6) is 0 Å². The monoisotopic (exact) mass is 327 g/mol. The summed E-state index contributed by atoms with van der Waals surface area (Å²) in [6, 6.07) is 8.46. The maximum Gasteiger partial charge on any atom is 0.232 e. The van der Waals surface area contributed by atoms with Gasteiger partial charge in [0.15, 0.2) is 11.8 Å². The van der Waals surface area contributed by atoms with Gasteiger partial charge in [-0.05, 0) is 25.0 Å². The van der Waals surface area contributed by atoms with Crippen LogP contribution in [0, 0.1) is 0 Å². The van der Waals surface area contributed by atoms with Gasteiger partial charge in [0.25, 0.3) is 0 Å². The minimum Gasteiger partial charge on any atom is -0.356 e. The van der Waals surface area contributed by atoms with Gasteiger partial charge < -0.3 is 14.7 Å². The quantitative estimate of drug-likeness (QED) is 0.693. The minimum atomic E-state index is -0.145. The van der Waals surface area contributed by atoms with Crippen LogP contribution < -0.4 is 10.2 Å². The van der Waals surface area contributed by atoms with E-state index in [4.69, 9.17) is 9.52 Å². The number of nitrogens with zero attached hydrogens (tertiary/aromatic N) is 4. The van der Waals surface area contributed by atoms with Gasteiger partial charge >= 0.3 is 0 Å². The molecule has 6 nitrogen and oxygen atoms in total. The summed E-state index contributed by atoms with van der Waals surface area (Å²) in [6.45, 7) is 10.4.